The number of aryl methyl sites for hydroxylation is 2. The minimum atomic E-state index is -0.0637. The van der Waals surface area contributed by atoms with Gasteiger partial charge in [-0.3, -0.25) is 9.36 Å². The predicted molar refractivity (Wildman–Crippen MR) is 98.1 cm³/mol. The van der Waals surface area contributed by atoms with E-state index >= 15 is 0 Å². The lowest BCUT2D eigenvalue weighted by Crippen LogP contribution is -2.24. The number of benzene rings is 2. The van der Waals surface area contributed by atoms with Crippen LogP contribution in [0.2, 0.25) is 0 Å². The summed E-state index contributed by atoms with van der Waals surface area (Å²) in [5.74, 6) is 0.677. The summed E-state index contributed by atoms with van der Waals surface area (Å²) < 4.78 is 3.41. The van der Waals surface area contributed by atoms with Gasteiger partial charge in [0.15, 0.2) is 5.65 Å². The van der Waals surface area contributed by atoms with Crippen molar-refractivity contribution >= 4 is 11.0 Å². The Labute approximate surface area is 145 Å². The quantitative estimate of drug-likeness (QED) is 0.579. The molecule has 2 aromatic carbocycles. The van der Waals surface area contributed by atoms with Crippen LogP contribution in [0, 0.1) is 13.8 Å². The Bertz CT molecular complexity index is 1110. The maximum absolute atomic E-state index is 13.0. The van der Waals surface area contributed by atoms with Crippen LogP contribution in [0.4, 0.5) is 0 Å². The van der Waals surface area contributed by atoms with Crippen LogP contribution in [0.5, 0.6) is 0 Å². The lowest BCUT2D eigenvalue weighted by Gasteiger charge is -2.11. The van der Waals surface area contributed by atoms with Gasteiger partial charge in [0, 0.05) is 0 Å². The van der Waals surface area contributed by atoms with Gasteiger partial charge >= 0.3 is 0 Å². The molecular formula is C20H18N4O. The molecule has 0 aliphatic carbocycles. The number of rotatable bonds is 3. The molecule has 0 saturated heterocycles. The van der Waals surface area contributed by atoms with Gasteiger partial charge in [-0.1, -0.05) is 48.0 Å². The van der Waals surface area contributed by atoms with Crippen molar-refractivity contribution in [3.63, 3.8) is 0 Å². The van der Waals surface area contributed by atoms with Crippen LogP contribution in [-0.2, 0) is 6.54 Å². The normalized spacial score (nSPS) is 11.1. The van der Waals surface area contributed by atoms with E-state index in [1.165, 1.54) is 5.56 Å². The van der Waals surface area contributed by atoms with Crippen LogP contribution in [0.1, 0.15) is 17.0 Å². The highest BCUT2D eigenvalue weighted by molar-refractivity contribution is 5.75. The van der Waals surface area contributed by atoms with Crippen molar-refractivity contribution in [1.82, 2.24) is 19.3 Å². The van der Waals surface area contributed by atoms with E-state index in [1.54, 1.807) is 15.4 Å². The molecule has 2 heterocycles. The monoisotopic (exact) mass is 330 g/mol. The molecule has 4 aromatic rings. The van der Waals surface area contributed by atoms with Gasteiger partial charge < -0.3 is 0 Å². The maximum Gasteiger partial charge on any atom is 0.264 e. The molecule has 0 spiro atoms. The van der Waals surface area contributed by atoms with Crippen LogP contribution in [0.3, 0.4) is 0 Å². The molecule has 0 aliphatic heterocycles. The van der Waals surface area contributed by atoms with Crippen LogP contribution >= 0.6 is 0 Å². The zero-order valence-corrected chi connectivity index (χ0v) is 14.2. The summed E-state index contributed by atoms with van der Waals surface area (Å²) in [5, 5.41) is 4.90. The topological polar surface area (TPSA) is 52.7 Å². The summed E-state index contributed by atoms with van der Waals surface area (Å²) in [6.45, 7) is 4.41. The Morgan fingerprint density at radius 2 is 1.80 bits per heavy atom. The average molecular weight is 330 g/mol. The summed E-state index contributed by atoms with van der Waals surface area (Å²) in [5.41, 5.74) is 3.68. The fourth-order valence-electron chi connectivity index (χ4n) is 3.04. The lowest BCUT2D eigenvalue weighted by molar-refractivity contribution is 0.709. The number of hydrogen-bond acceptors (Lipinski definition) is 3. The van der Waals surface area contributed by atoms with E-state index in [4.69, 9.17) is 0 Å². The number of fused-ring (bicyclic) bond motifs is 1. The second kappa shape index (κ2) is 6.02. The van der Waals surface area contributed by atoms with Crippen LogP contribution < -0.4 is 5.56 Å². The highest BCUT2D eigenvalue weighted by Gasteiger charge is 2.14. The SMILES string of the molecule is Cc1cccc(Cn2c(C)nc3c(cnn3-c3ccccc3)c2=O)c1. The maximum atomic E-state index is 13.0. The van der Waals surface area contributed by atoms with Gasteiger partial charge in [0.05, 0.1) is 18.4 Å². The van der Waals surface area contributed by atoms with Crippen molar-refractivity contribution in [2.24, 2.45) is 0 Å². The van der Waals surface area contributed by atoms with Crippen LogP contribution in [0.15, 0.2) is 65.6 Å². The van der Waals surface area contributed by atoms with E-state index in [-0.39, 0.29) is 5.56 Å². The summed E-state index contributed by atoms with van der Waals surface area (Å²) in [4.78, 5) is 17.6. The number of aromatic nitrogens is 4. The van der Waals surface area contributed by atoms with Crippen molar-refractivity contribution in [2.75, 3.05) is 0 Å². The number of nitrogens with zero attached hydrogens (tertiary/aromatic N) is 4. The first-order valence-corrected chi connectivity index (χ1v) is 8.19. The van der Waals surface area contributed by atoms with Gasteiger partial charge in [-0.15, -0.1) is 0 Å². The summed E-state index contributed by atoms with van der Waals surface area (Å²) >= 11 is 0. The Hall–Kier alpha value is -3.21. The van der Waals surface area contributed by atoms with Gasteiger partial charge in [0.1, 0.15) is 11.2 Å². The first-order valence-electron chi connectivity index (χ1n) is 8.19. The third kappa shape index (κ3) is 2.74. The average Bonchev–Trinajstić information content (AvgIpc) is 3.03. The van der Waals surface area contributed by atoms with Gasteiger partial charge in [-0.05, 0) is 31.5 Å². The molecule has 4 rings (SSSR count). The highest BCUT2D eigenvalue weighted by atomic mass is 16.1. The molecule has 124 valence electrons. The molecule has 0 N–H and O–H groups in total. The summed E-state index contributed by atoms with van der Waals surface area (Å²) in [6, 6.07) is 17.9. The standard InChI is InChI=1S/C20H18N4O/c1-14-7-6-8-16(11-14)13-23-15(2)22-19-18(20(23)25)12-21-24(19)17-9-4-3-5-10-17/h3-12H,13H2,1-2H3. The Kier molecular flexibility index (Phi) is 3.69. The molecule has 0 unspecified atom stereocenters. The Morgan fingerprint density at radius 1 is 1.00 bits per heavy atom. The molecule has 0 fully saturated rings. The summed E-state index contributed by atoms with van der Waals surface area (Å²) in [7, 11) is 0. The van der Waals surface area contributed by atoms with Crippen molar-refractivity contribution in [3.05, 3.63) is 88.1 Å². The highest BCUT2D eigenvalue weighted by Crippen LogP contribution is 2.15. The van der Waals surface area contributed by atoms with E-state index in [2.05, 4.69) is 16.1 Å². The minimum absolute atomic E-state index is 0.0637. The van der Waals surface area contributed by atoms with Crippen molar-refractivity contribution < 1.29 is 0 Å². The molecule has 5 heteroatoms. The largest absolute Gasteiger partial charge is 0.292 e. The third-order valence-electron chi connectivity index (χ3n) is 4.30. The fraction of sp³-hybridized carbons (Fsp3) is 0.150. The molecule has 2 aromatic heterocycles. The molecule has 0 atom stereocenters. The Balaban J connectivity index is 1.85. The van der Waals surface area contributed by atoms with Crippen LogP contribution in [-0.4, -0.2) is 19.3 Å². The molecule has 5 nitrogen and oxygen atoms in total. The zero-order valence-electron chi connectivity index (χ0n) is 14.2. The molecule has 0 amide bonds. The van der Waals surface area contributed by atoms with E-state index < -0.39 is 0 Å². The molecule has 0 saturated carbocycles. The fourth-order valence-corrected chi connectivity index (χ4v) is 3.04. The van der Waals surface area contributed by atoms with E-state index in [0.29, 0.717) is 23.4 Å². The molecule has 0 bridgehead atoms. The number of hydrogen-bond donors (Lipinski definition) is 0. The van der Waals surface area contributed by atoms with Gasteiger partial charge in [0.2, 0.25) is 0 Å². The van der Waals surface area contributed by atoms with Gasteiger partial charge in [-0.2, -0.15) is 5.10 Å². The first kappa shape index (κ1) is 15.3. The first-order chi connectivity index (χ1) is 12.1. The zero-order chi connectivity index (χ0) is 17.4. The second-order valence-corrected chi connectivity index (χ2v) is 6.17. The molecule has 0 radical (unpaired) electrons. The summed E-state index contributed by atoms with van der Waals surface area (Å²) in [6.07, 6.45) is 1.60. The predicted octanol–water partition coefficient (Wildman–Crippen LogP) is 3.25. The Morgan fingerprint density at radius 3 is 2.56 bits per heavy atom. The molecular weight excluding hydrogens is 312 g/mol. The van der Waals surface area contributed by atoms with Crippen molar-refractivity contribution in [2.45, 2.75) is 20.4 Å². The molecule has 25 heavy (non-hydrogen) atoms. The molecule has 0 aliphatic rings. The van der Waals surface area contributed by atoms with Gasteiger partial charge in [0.25, 0.3) is 5.56 Å². The van der Waals surface area contributed by atoms with Crippen LogP contribution in [0.25, 0.3) is 16.7 Å². The van der Waals surface area contributed by atoms with E-state index in [1.807, 2.05) is 62.4 Å². The third-order valence-corrected chi connectivity index (χ3v) is 4.30. The minimum Gasteiger partial charge on any atom is -0.292 e. The number of para-hydroxylation sites is 1. The van der Waals surface area contributed by atoms with E-state index in [9.17, 15) is 4.79 Å². The van der Waals surface area contributed by atoms with Crippen molar-refractivity contribution in [3.8, 4) is 5.69 Å². The van der Waals surface area contributed by atoms with Crippen molar-refractivity contribution in [1.29, 1.82) is 0 Å². The smallest absolute Gasteiger partial charge is 0.264 e. The lowest BCUT2D eigenvalue weighted by atomic mass is 10.1. The van der Waals surface area contributed by atoms with Gasteiger partial charge in [-0.25, -0.2) is 9.67 Å². The van der Waals surface area contributed by atoms with E-state index in [0.717, 1.165) is 11.3 Å². The second-order valence-electron chi connectivity index (χ2n) is 6.17.